The highest BCUT2D eigenvalue weighted by Gasteiger charge is 2.31. The molecule has 2 N–H and O–H groups in total. The van der Waals surface area contributed by atoms with Crippen molar-refractivity contribution < 1.29 is 9.90 Å². The lowest BCUT2D eigenvalue weighted by Crippen LogP contribution is -2.48. The maximum absolute atomic E-state index is 12.6. The van der Waals surface area contributed by atoms with Crippen LogP contribution >= 0.6 is 0 Å². The maximum Gasteiger partial charge on any atom is 0.317 e. The highest BCUT2D eigenvalue weighted by atomic mass is 16.3. The zero-order valence-corrected chi connectivity index (χ0v) is 15.5. The molecule has 1 aliphatic carbocycles. The molecule has 6 nitrogen and oxygen atoms in total. The number of rotatable bonds is 4. The van der Waals surface area contributed by atoms with Crippen LogP contribution in [0, 0.1) is 17.8 Å². The normalized spacial score (nSPS) is 28.6. The van der Waals surface area contributed by atoms with Gasteiger partial charge in [0.05, 0.1) is 0 Å². The van der Waals surface area contributed by atoms with Crippen molar-refractivity contribution >= 4 is 6.03 Å². The van der Waals surface area contributed by atoms with Crippen LogP contribution in [0.5, 0.6) is 0 Å². The summed E-state index contributed by atoms with van der Waals surface area (Å²) in [5.74, 6) is 2.04. The Bertz CT molecular complexity index is 574. The standard InChI is InChI=1S/C19H32N4O2/c1-14-6-3-4-7-15(14)12-21-19(25)23-10-5-8-16(13-23)17(24)18-20-9-11-22(18)2/h9,11,14-17,24H,3-8,10,12-13H2,1-2H3,(H,21,25). The van der Waals surface area contributed by atoms with Crippen molar-refractivity contribution in [3.8, 4) is 0 Å². The van der Waals surface area contributed by atoms with Crippen molar-refractivity contribution in [1.82, 2.24) is 19.8 Å². The Hall–Kier alpha value is -1.56. The van der Waals surface area contributed by atoms with Gasteiger partial charge in [-0.15, -0.1) is 0 Å². The Kier molecular flexibility index (Phi) is 5.99. The Morgan fingerprint density at radius 1 is 1.36 bits per heavy atom. The van der Waals surface area contributed by atoms with Gasteiger partial charge in [0.2, 0.25) is 0 Å². The van der Waals surface area contributed by atoms with E-state index >= 15 is 0 Å². The molecule has 4 unspecified atom stereocenters. The number of aliphatic hydroxyl groups excluding tert-OH is 1. The molecule has 0 bridgehead atoms. The van der Waals surface area contributed by atoms with Gasteiger partial charge in [-0.25, -0.2) is 9.78 Å². The second-order valence-corrected chi connectivity index (χ2v) is 7.90. The number of aryl methyl sites for hydroxylation is 1. The Morgan fingerprint density at radius 3 is 2.88 bits per heavy atom. The van der Waals surface area contributed by atoms with E-state index in [0.29, 0.717) is 24.2 Å². The number of aliphatic hydroxyl groups is 1. The molecule has 3 rings (SSSR count). The lowest BCUT2D eigenvalue weighted by molar-refractivity contribution is 0.0529. The molecule has 6 heteroatoms. The van der Waals surface area contributed by atoms with Gasteiger partial charge in [-0.05, 0) is 31.1 Å². The van der Waals surface area contributed by atoms with Crippen LogP contribution in [-0.2, 0) is 7.05 Å². The van der Waals surface area contributed by atoms with Crippen molar-refractivity contribution in [2.75, 3.05) is 19.6 Å². The van der Waals surface area contributed by atoms with Crippen LogP contribution in [0.2, 0.25) is 0 Å². The molecule has 2 heterocycles. The van der Waals surface area contributed by atoms with Crippen molar-refractivity contribution in [2.24, 2.45) is 24.8 Å². The fourth-order valence-electron chi connectivity index (χ4n) is 4.35. The quantitative estimate of drug-likeness (QED) is 0.879. The van der Waals surface area contributed by atoms with E-state index < -0.39 is 6.10 Å². The van der Waals surface area contributed by atoms with Gasteiger partial charge in [0.1, 0.15) is 11.9 Å². The fourth-order valence-corrected chi connectivity index (χ4v) is 4.35. The first kappa shape index (κ1) is 18.2. The molecule has 0 radical (unpaired) electrons. The predicted octanol–water partition coefficient (Wildman–Crippen LogP) is 2.70. The molecule has 0 aromatic carbocycles. The molecular weight excluding hydrogens is 316 g/mol. The molecule has 2 aliphatic rings. The molecule has 2 amide bonds. The molecular formula is C19H32N4O2. The summed E-state index contributed by atoms with van der Waals surface area (Å²) in [5.41, 5.74) is 0. The van der Waals surface area contributed by atoms with Gasteiger partial charge in [-0.3, -0.25) is 0 Å². The Labute approximate surface area is 150 Å². The number of nitrogens with zero attached hydrogens (tertiary/aromatic N) is 3. The third-order valence-electron chi connectivity index (χ3n) is 6.12. The van der Waals surface area contributed by atoms with Gasteiger partial charge in [0.15, 0.2) is 0 Å². The first-order valence-electron chi connectivity index (χ1n) is 9.74. The molecule has 2 fully saturated rings. The number of nitrogens with one attached hydrogen (secondary N) is 1. The molecule has 1 aliphatic heterocycles. The van der Waals surface area contributed by atoms with Gasteiger partial charge in [0.25, 0.3) is 0 Å². The van der Waals surface area contributed by atoms with E-state index in [0.717, 1.165) is 25.9 Å². The summed E-state index contributed by atoms with van der Waals surface area (Å²) in [4.78, 5) is 18.7. The number of aromatic nitrogens is 2. The molecule has 140 valence electrons. The lowest BCUT2D eigenvalue weighted by atomic mass is 9.80. The van der Waals surface area contributed by atoms with Crippen LogP contribution in [0.15, 0.2) is 12.4 Å². The summed E-state index contributed by atoms with van der Waals surface area (Å²) in [7, 11) is 1.89. The van der Waals surface area contributed by atoms with Crippen LogP contribution < -0.4 is 5.32 Å². The van der Waals surface area contributed by atoms with Crippen molar-refractivity contribution in [1.29, 1.82) is 0 Å². The third-order valence-corrected chi connectivity index (χ3v) is 6.12. The number of piperidine rings is 1. The number of hydrogen-bond acceptors (Lipinski definition) is 3. The van der Waals surface area contributed by atoms with Gasteiger partial charge < -0.3 is 19.9 Å². The van der Waals surface area contributed by atoms with Gasteiger partial charge in [0, 0.05) is 45.0 Å². The van der Waals surface area contributed by atoms with Crippen LogP contribution in [0.25, 0.3) is 0 Å². The van der Waals surface area contributed by atoms with E-state index in [1.807, 2.05) is 22.7 Å². The number of carbonyl (C=O) groups is 1. The summed E-state index contributed by atoms with van der Waals surface area (Å²) < 4.78 is 1.86. The zero-order chi connectivity index (χ0) is 17.8. The summed E-state index contributed by atoms with van der Waals surface area (Å²) >= 11 is 0. The molecule has 1 saturated carbocycles. The largest absolute Gasteiger partial charge is 0.385 e. The molecule has 0 spiro atoms. The Balaban J connectivity index is 1.52. The fraction of sp³-hybridized carbons (Fsp3) is 0.789. The van der Waals surface area contributed by atoms with Gasteiger partial charge >= 0.3 is 6.03 Å². The molecule has 1 aromatic heterocycles. The van der Waals surface area contributed by atoms with Crippen LogP contribution in [-0.4, -0.2) is 45.2 Å². The van der Waals surface area contributed by atoms with E-state index in [1.54, 1.807) is 6.20 Å². The SMILES string of the molecule is CC1CCCCC1CNC(=O)N1CCCC(C(O)c2nccn2C)C1. The summed E-state index contributed by atoms with van der Waals surface area (Å²) in [6.07, 6.45) is 9.90. The van der Waals surface area contributed by atoms with Crippen LogP contribution in [0.1, 0.15) is 57.4 Å². The minimum Gasteiger partial charge on any atom is -0.385 e. The van der Waals surface area contributed by atoms with Gasteiger partial charge in [-0.2, -0.15) is 0 Å². The van der Waals surface area contributed by atoms with Crippen molar-refractivity contribution in [2.45, 2.75) is 51.6 Å². The number of amides is 2. The van der Waals surface area contributed by atoms with E-state index in [-0.39, 0.29) is 11.9 Å². The highest BCUT2D eigenvalue weighted by Crippen LogP contribution is 2.30. The van der Waals surface area contributed by atoms with Crippen LogP contribution in [0.3, 0.4) is 0 Å². The summed E-state index contributed by atoms with van der Waals surface area (Å²) in [5, 5.41) is 13.8. The second-order valence-electron chi connectivity index (χ2n) is 7.90. The third kappa shape index (κ3) is 4.35. The van der Waals surface area contributed by atoms with Crippen LogP contribution in [0.4, 0.5) is 4.79 Å². The number of urea groups is 1. The molecule has 25 heavy (non-hydrogen) atoms. The van der Waals surface area contributed by atoms with E-state index in [4.69, 9.17) is 0 Å². The second kappa shape index (κ2) is 8.21. The van der Waals surface area contributed by atoms with E-state index in [1.165, 1.54) is 25.7 Å². The van der Waals surface area contributed by atoms with Gasteiger partial charge in [-0.1, -0.05) is 26.2 Å². The average molecular weight is 348 g/mol. The first-order valence-corrected chi connectivity index (χ1v) is 9.74. The van der Waals surface area contributed by atoms with Crippen molar-refractivity contribution in [3.05, 3.63) is 18.2 Å². The zero-order valence-electron chi connectivity index (χ0n) is 15.5. The van der Waals surface area contributed by atoms with E-state index in [2.05, 4.69) is 17.2 Å². The monoisotopic (exact) mass is 348 g/mol. The minimum atomic E-state index is -0.617. The maximum atomic E-state index is 12.6. The summed E-state index contributed by atoms with van der Waals surface area (Å²) in [6.45, 7) is 4.45. The Morgan fingerprint density at radius 2 is 2.16 bits per heavy atom. The summed E-state index contributed by atoms with van der Waals surface area (Å²) in [6, 6.07) is 0.0227. The molecule has 1 aromatic rings. The topological polar surface area (TPSA) is 70.4 Å². The molecule has 1 saturated heterocycles. The average Bonchev–Trinajstić information content (AvgIpc) is 3.06. The first-order chi connectivity index (χ1) is 12.1. The highest BCUT2D eigenvalue weighted by molar-refractivity contribution is 5.74. The predicted molar refractivity (Wildman–Crippen MR) is 97.0 cm³/mol. The number of hydrogen-bond donors (Lipinski definition) is 2. The van der Waals surface area contributed by atoms with Crippen molar-refractivity contribution in [3.63, 3.8) is 0 Å². The lowest BCUT2D eigenvalue weighted by Gasteiger charge is -2.36. The minimum absolute atomic E-state index is 0.0227. The smallest absolute Gasteiger partial charge is 0.317 e. The number of likely N-dealkylation sites (tertiary alicyclic amines) is 1. The number of imidazole rings is 1. The number of carbonyl (C=O) groups excluding carboxylic acids is 1. The molecule has 4 atom stereocenters. The van der Waals surface area contributed by atoms with E-state index in [9.17, 15) is 9.90 Å².